The minimum absolute atomic E-state index is 0. The maximum atomic E-state index is 12.0. The summed E-state index contributed by atoms with van der Waals surface area (Å²) in [5.41, 5.74) is 6.85. The molecule has 0 saturated carbocycles. The summed E-state index contributed by atoms with van der Waals surface area (Å²) in [4.78, 5) is 25.0. The third-order valence-electron chi connectivity index (χ3n) is 4.03. The maximum absolute atomic E-state index is 12.0. The summed E-state index contributed by atoms with van der Waals surface area (Å²) in [7, 11) is 0. The van der Waals surface area contributed by atoms with Crippen LogP contribution in [-0.2, 0) is 4.79 Å². The Hall–Kier alpha value is -1.40. The number of aliphatic imine (C=N–C) groups is 1. The van der Waals surface area contributed by atoms with Crippen molar-refractivity contribution in [1.82, 2.24) is 9.88 Å². The molecule has 27 heavy (non-hydrogen) atoms. The molecule has 2 aromatic rings. The molecule has 1 saturated heterocycles. The minimum atomic E-state index is -0.0718. The van der Waals surface area contributed by atoms with Gasteiger partial charge in [-0.2, -0.15) is 0 Å². The Morgan fingerprint density at radius 1 is 1.26 bits per heavy atom. The van der Waals surface area contributed by atoms with Crippen LogP contribution in [0.3, 0.4) is 0 Å². The van der Waals surface area contributed by atoms with Gasteiger partial charge >= 0.3 is 0 Å². The number of nitrogens with two attached hydrogens (primary N) is 1. The van der Waals surface area contributed by atoms with Crippen molar-refractivity contribution in [2.45, 2.75) is 6.42 Å². The average Bonchev–Trinajstić information content (AvgIpc) is 3.18. The van der Waals surface area contributed by atoms with Crippen molar-refractivity contribution in [2.75, 3.05) is 42.9 Å². The molecule has 3 N–H and O–H groups in total. The summed E-state index contributed by atoms with van der Waals surface area (Å²) in [6, 6.07) is 7.47. The molecule has 1 aliphatic rings. The summed E-state index contributed by atoms with van der Waals surface area (Å²) < 4.78 is 0.975. The summed E-state index contributed by atoms with van der Waals surface area (Å²) in [5, 5.41) is 5.88. The van der Waals surface area contributed by atoms with Crippen molar-refractivity contribution in [1.29, 1.82) is 0 Å². The van der Waals surface area contributed by atoms with Gasteiger partial charge < -0.3 is 20.9 Å². The Morgan fingerprint density at radius 2 is 1.96 bits per heavy atom. The first-order chi connectivity index (χ1) is 12.6. The van der Waals surface area contributed by atoms with E-state index in [-0.39, 0.29) is 29.9 Å². The highest BCUT2D eigenvalue weighted by atomic mass is 127. The number of aromatic nitrogens is 1. The highest BCUT2D eigenvalue weighted by Gasteiger charge is 2.19. The molecular formula is C17H22BrIN6OS. The number of thiazole rings is 1. The fourth-order valence-corrected chi connectivity index (χ4v) is 3.59. The van der Waals surface area contributed by atoms with E-state index in [1.165, 1.54) is 0 Å². The molecule has 0 radical (unpaired) electrons. The van der Waals surface area contributed by atoms with Gasteiger partial charge in [-0.3, -0.25) is 9.79 Å². The van der Waals surface area contributed by atoms with Gasteiger partial charge in [0.1, 0.15) is 0 Å². The van der Waals surface area contributed by atoms with E-state index in [4.69, 9.17) is 5.73 Å². The van der Waals surface area contributed by atoms with Gasteiger partial charge in [0.05, 0.1) is 6.54 Å². The van der Waals surface area contributed by atoms with Gasteiger partial charge in [-0.15, -0.1) is 35.3 Å². The Balaban J connectivity index is 0.00000261. The second-order valence-electron chi connectivity index (χ2n) is 5.83. The number of benzene rings is 1. The summed E-state index contributed by atoms with van der Waals surface area (Å²) in [6.07, 6.45) is 2.12. The molecule has 10 heteroatoms. The fourth-order valence-electron chi connectivity index (χ4n) is 2.63. The lowest BCUT2D eigenvalue weighted by Crippen LogP contribution is -2.51. The first-order valence-electron chi connectivity index (χ1n) is 8.36. The molecule has 2 heterocycles. The molecule has 3 rings (SSSR count). The van der Waals surface area contributed by atoms with Crippen LogP contribution in [0.4, 0.5) is 10.8 Å². The zero-order chi connectivity index (χ0) is 18.4. The predicted molar refractivity (Wildman–Crippen MR) is 125 cm³/mol. The van der Waals surface area contributed by atoms with E-state index in [1.807, 2.05) is 35.8 Å². The molecule has 0 atom stereocenters. The van der Waals surface area contributed by atoms with Crippen molar-refractivity contribution in [3.05, 3.63) is 40.3 Å². The molecule has 1 amide bonds. The number of hydrogen-bond donors (Lipinski definition) is 2. The van der Waals surface area contributed by atoms with E-state index >= 15 is 0 Å². The van der Waals surface area contributed by atoms with Crippen LogP contribution >= 0.6 is 51.2 Å². The number of piperazine rings is 1. The summed E-state index contributed by atoms with van der Waals surface area (Å²) >= 11 is 5.01. The highest BCUT2D eigenvalue weighted by molar-refractivity contribution is 14.0. The summed E-state index contributed by atoms with van der Waals surface area (Å²) in [6.45, 7) is 3.72. The maximum Gasteiger partial charge on any atom is 0.226 e. The fraction of sp³-hybridized carbons (Fsp3) is 0.353. The van der Waals surface area contributed by atoms with Crippen LogP contribution in [-0.4, -0.2) is 54.5 Å². The molecule has 0 unspecified atom stereocenters. The van der Waals surface area contributed by atoms with Gasteiger partial charge in [-0.05, 0) is 24.3 Å². The minimum Gasteiger partial charge on any atom is -0.370 e. The molecule has 1 fully saturated rings. The Labute approximate surface area is 188 Å². The second kappa shape index (κ2) is 10.8. The number of hydrogen-bond acceptors (Lipinski definition) is 5. The first-order valence-corrected chi connectivity index (χ1v) is 10.0. The van der Waals surface area contributed by atoms with Gasteiger partial charge in [0.2, 0.25) is 5.91 Å². The largest absolute Gasteiger partial charge is 0.370 e. The molecule has 0 bridgehead atoms. The topological polar surface area (TPSA) is 86.8 Å². The number of halogens is 2. The SMILES string of the molecule is I.NC(=NCCC(=O)Nc1ccc(Br)cc1)N1CCN(c2nccs2)CC1. The van der Waals surface area contributed by atoms with Crippen LogP contribution < -0.4 is 16.0 Å². The Kier molecular flexibility index (Phi) is 8.77. The standard InChI is InChI=1S/C17H21BrN6OS.HI/c18-13-1-3-14(4-2-13)22-15(25)5-6-20-16(19)23-8-10-24(11-9-23)17-21-7-12-26-17;/h1-4,7,12H,5-6,8-11H2,(H2,19,20)(H,22,25);1H. The highest BCUT2D eigenvalue weighted by Crippen LogP contribution is 2.18. The van der Waals surface area contributed by atoms with Crippen molar-refractivity contribution in [3.63, 3.8) is 0 Å². The van der Waals surface area contributed by atoms with Crippen LogP contribution in [0.2, 0.25) is 0 Å². The smallest absolute Gasteiger partial charge is 0.226 e. The third kappa shape index (κ3) is 6.61. The lowest BCUT2D eigenvalue weighted by molar-refractivity contribution is -0.116. The van der Waals surface area contributed by atoms with E-state index in [0.717, 1.165) is 41.5 Å². The number of nitrogens with zero attached hydrogens (tertiary/aromatic N) is 4. The zero-order valence-corrected chi connectivity index (χ0v) is 19.4. The van der Waals surface area contributed by atoms with Gasteiger partial charge in [0.15, 0.2) is 11.1 Å². The Morgan fingerprint density at radius 3 is 2.59 bits per heavy atom. The van der Waals surface area contributed by atoms with E-state index in [0.29, 0.717) is 18.9 Å². The number of anilines is 2. The van der Waals surface area contributed by atoms with Gasteiger partial charge in [-0.1, -0.05) is 15.9 Å². The number of carbonyl (C=O) groups excluding carboxylic acids is 1. The van der Waals surface area contributed by atoms with Crippen molar-refractivity contribution in [2.24, 2.45) is 10.7 Å². The molecule has 1 aromatic heterocycles. The van der Waals surface area contributed by atoms with E-state index in [9.17, 15) is 4.79 Å². The zero-order valence-electron chi connectivity index (χ0n) is 14.7. The number of amides is 1. The van der Waals surface area contributed by atoms with E-state index in [1.54, 1.807) is 11.3 Å². The predicted octanol–water partition coefficient (Wildman–Crippen LogP) is 2.99. The third-order valence-corrected chi connectivity index (χ3v) is 5.40. The monoisotopic (exact) mass is 564 g/mol. The van der Waals surface area contributed by atoms with Gasteiger partial charge in [-0.25, -0.2) is 4.98 Å². The van der Waals surface area contributed by atoms with Crippen LogP contribution in [0, 0.1) is 0 Å². The molecule has 7 nitrogen and oxygen atoms in total. The van der Waals surface area contributed by atoms with Crippen molar-refractivity contribution >= 4 is 73.9 Å². The molecule has 0 spiro atoms. The number of carbonyl (C=O) groups is 1. The van der Waals surface area contributed by atoms with Crippen molar-refractivity contribution < 1.29 is 4.79 Å². The molecule has 1 aliphatic heterocycles. The van der Waals surface area contributed by atoms with Crippen molar-refractivity contribution in [3.8, 4) is 0 Å². The van der Waals surface area contributed by atoms with Crippen LogP contribution in [0.15, 0.2) is 45.3 Å². The van der Waals surface area contributed by atoms with Gasteiger partial charge in [0, 0.05) is 54.3 Å². The number of guanidine groups is 1. The number of rotatable bonds is 5. The lowest BCUT2D eigenvalue weighted by atomic mass is 10.3. The normalized spacial score (nSPS) is 14.6. The van der Waals surface area contributed by atoms with Crippen LogP contribution in [0.1, 0.15) is 6.42 Å². The molecule has 0 aliphatic carbocycles. The van der Waals surface area contributed by atoms with Crippen LogP contribution in [0.25, 0.3) is 0 Å². The lowest BCUT2D eigenvalue weighted by Gasteiger charge is -2.35. The Bertz CT molecular complexity index is 747. The molecule has 1 aromatic carbocycles. The van der Waals surface area contributed by atoms with Crippen LogP contribution in [0.5, 0.6) is 0 Å². The average molecular weight is 565 g/mol. The van der Waals surface area contributed by atoms with Gasteiger partial charge in [0.25, 0.3) is 0 Å². The quantitative estimate of drug-likeness (QED) is 0.331. The molecule has 146 valence electrons. The molecular weight excluding hydrogens is 543 g/mol. The summed E-state index contributed by atoms with van der Waals surface area (Å²) in [5.74, 6) is 0.428. The second-order valence-corrected chi connectivity index (χ2v) is 7.62. The first kappa shape index (κ1) is 21.9. The van der Waals surface area contributed by atoms with E-state index < -0.39 is 0 Å². The number of nitrogens with one attached hydrogen (secondary N) is 1. The van der Waals surface area contributed by atoms with E-state index in [2.05, 4.69) is 41.0 Å².